The van der Waals surface area contributed by atoms with E-state index < -0.39 is 11.9 Å². The molecule has 2 aromatic rings. The highest BCUT2D eigenvalue weighted by Crippen LogP contribution is 2.24. The minimum atomic E-state index is -0.510. The van der Waals surface area contributed by atoms with Crippen LogP contribution in [0.3, 0.4) is 0 Å². The summed E-state index contributed by atoms with van der Waals surface area (Å²) in [4.78, 5) is 22.6. The van der Waals surface area contributed by atoms with E-state index in [1.54, 1.807) is 6.08 Å². The molecule has 2 N–H and O–H groups in total. The van der Waals surface area contributed by atoms with Crippen LogP contribution in [-0.4, -0.2) is 11.9 Å². The first-order chi connectivity index (χ1) is 11.5. The second-order valence-electron chi connectivity index (χ2n) is 5.07. The van der Waals surface area contributed by atoms with E-state index in [2.05, 4.69) is 33.2 Å². The molecule has 0 saturated carbocycles. The topological polar surface area (TPSA) is 67.4 Å². The largest absolute Gasteiger partial charge is 0.488 e. The molecule has 0 atom stereocenters. The summed E-state index contributed by atoms with van der Waals surface area (Å²) in [6, 6.07) is 12.5. The molecule has 122 valence electrons. The molecule has 1 aliphatic heterocycles. The summed E-state index contributed by atoms with van der Waals surface area (Å²) in [5.41, 5.74) is 2.04. The normalized spacial score (nSPS) is 15.3. The SMILES string of the molecule is O=C1NC(=O)/C(=C/c2ccc(OCc3ccc(Cl)cc3)c(I)c2)N1. The number of carbonyl (C=O) groups is 2. The van der Waals surface area contributed by atoms with Crippen molar-refractivity contribution in [3.8, 4) is 5.75 Å². The Morgan fingerprint density at radius 3 is 2.46 bits per heavy atom. The predicted octanol–water partition coefficient (Wildman–Crippen LogP) is 3.70. The average Bonchev–Trinajstić information content (AvgIpc) is 2.86. The summed E-state index contributed by atoms with van der Waals surface area (Å²) in [5, 5.41) is 5.31. The Balaban J connectivity index is 1.70. The van der Waals surface area contributed by atoms with E-state index in [1.807, 2.05) is 42.5 Å². The second kappa shape index (κ2) is 7.23. The predicted molar refractivity (Wildman–Crippen MR) is 99.6 cm³/mol. The molecule has 0 radical (unpaired) electrons. The maximum atomic E-state index is 11.5. The lowest BCUT2D eigenvalue weighted by molar-refractivity contribution is -0.115. The van der Waals surface area contributed by atoms with Crippen molar-refractivity contribution in [2.45, 2.75) is 6.61 Å². The van der Waals surface area contributed by atoms with Gasteiger partial charge in [-0.05, 0) is 64.1 Å². The third-order valence-corrected chi connectivity index (χ3v) is 4.39. The number of halogens is 2. The van der Waals surface area contributed by atoms with Crippen LogP contribution in [0.15, 0.2) is 48.2 Å². The van der Waals surface area contributed by atoms with Gasteiger partial charge in [0, 0.05) is 5.02 Å². The second-order valence-corrected chi connectivity index (χ2v) is 6.67. The van der Waals surface area contributed by atoms with Crippen molar-refractivity contribution in [2.75, 3.05) is 0 Å². The Morgan fingerprint density at radius 2 is 1.83 bits per heavy atom. The van der Waals surface area contributed by atoms with Crippen molar-refractivity contribution in [1.29, 1.82) is 0 Å². The van der Waals surface area contributed by atoms with E-state index in [0.717, 1.165) is 20.4 Å². The van der Waals surface area contributed by atoms with Gasteiger partial charge in [0.15, 0.2) is 0 Å². The lowest BCUT2D eigenvalue weighted by Gasteiger charge is -2.09. The maximum absolute atomic E-state index is 11.5. The van der Waals surface area contributed by atoms with Crippen molar-refractivity contribution in [1.82, 2.24) is 10.6 Å². The Labute approximate surface area is 157 Å². The molecule has 0 aromatic heterocycles. The Bertz CT molecular complexity index is 834. The van der Waals surface area contributed by atoms with Gasteiger partial charge in [-0.15, -0.1) is 0 Å². The summed E-state index contributed by atoms with van der Waals surface area (Å²) in [6.07, 6.45) is 1.62. The van der Waals surface area contributed by atoms with Gasteiger partial charge in [0.2, 0.25) is 0 Å². The van der Waals surface area contributed by atoms with Crippen molar-refractivity contribution in [2.24, 2.45) is 0 Å². The fourth-order valence-electron chi connectivity index (χ4n) is 2.11. The molecule has 1 fully saturated rings. The van der Waals surface area contributed by atoms with Crippen LogP contribution in [0.25, 0.3) is 6.08 Å². The highest BCUT2D eigenvalue weighted by Gasteiger charge is 2.22. The number of rotatable bonds is 4. The standard InChI is InChI=1S/C17H12ClIN2O3/c18-12-4-1-10(2-5-12)9-24-15-6-3-11(7-13(15)19)8-14-16(22)21-17(23)20-14/h1-8H,9H2,(H2,20,21,22,23)/b14-8-. The summed E-state index contributed by atoms with van der Waals surface area (Å²) < 4.78 is 6.71. The van der Waals surface area contributed by atoms with E-state index >= 15 is 0 Å². The Morgan fingerprint density at radius 1 is 1.08 bits per heavy atom. The van der Waals surface area contributed by atoms with Gasteiger partial charge in [0.1, 0.15) is 18.1 Å². The first kappa shape index (κ1) is 16.8. The summed E-state index contributed by atoms with van der Waals surface area (Å²) in [6.45, 7) is 0.437. The van der Waals surface area contributed by atoms with E-state index in [0.29, 0.717) is 11.6 Å². The number of amides is 3. The minimum absolute atomic E-state index is 0.227. The minimum Gasteiger partial charge on any atom is -0.488 e. The molecule has 0 spiro atoms. The molecule has 3 amide bonds. The molecule has 7 heteroatoms. The number of nitrogens with one attached hydrogen (secondary N) is 2. The van der Waals surface area contributed by atoms with Crippen LogP contribution in [0.1, 0.15) is 11.1 Å². The van der Waals surface area contributed by atoms with Gasteiger partial charge >= 0.3 is 6.03 Å². The van der Waals surface area contributed by atoms with Gasteiger partial charge in [-0.25, -0.2) is 4.79 Å². The summed E-state index contributed by atoms with van der Waals surface area (Å²) in [7, 11) is 0. The zero-order valence-electron chi connectivity index (χ0n) is 12.3. The van der Waals surface area contributed by atoms with E-state index in [9.17, 15) is 9.59 Å². The van der Waals surface area contributed by atoms with Crippen LogP contribution in [0.2, 0.25) is 5.02 Å². The van der Waals surface area contributed by atoms with Crippen molar-refractivity contribution < 1.29 is 14.3 Å². The molecule has 1 saturated heterocycles. The van der Waals surface area contributed by atoms with Crippen LogP contribution >= 0.6 is 34.2 Å². The van der Waals surface area contributed by atoms with Crippen molar-refractivity contribution in [3.05, 3.63) is 67.9 Å². The van der Waals surface area contributed by atoms with Crippen LogP contribution in [0.4, 0.5) is 4.79 Å². The first-order valence-corrected chi connectivity index (χ1v) is 8.48. The van der Waals surface area contributed by atoms with Crippen molar-refractivity contribution >= 4 is 52.2 Å². The smallest absolute Gasteiger partial charge is 0.326 e. The van der Waals surface area contributed by atoms with Gasteiger partial charge in [0.25, 0.3) is 5.91 Å². The van der Waals surface area contributed by atoms with Crippen LogP contribution in [0, 0.1) is 3.57 Å². The Kier molecular flexibility index (Phi) is 5.06. The van der Waals surface area contributed by atoms with Crippen LogP contribution in [0.5, 0.6) is 5.75 Å². The highest BCUT2D eigenvalue weighted by atomic mass is 127. The average molecular weight is 455 g/mol. The molecule has 0 unspecified atom stereocenters. The number of benzene rings is 2. The number of carbonyl (C=O) groups excluding carboxylic acids is 2. The lowest BCUT2D eigenvalue weighted by Crippen LogP contribution is -2.22. The van der Waals surface area contributed by atoms with Gasteiger partial charge < -0.3 is 10.1 Å². The highest BCUT2D eigenvalue weighted by molar-refractivity contribution is 14.1. The molecule has 3 rings (SSSR count). The number of hydrogen-bond donors (Lipinski definition) is 2. The fourth-order valence-corrected chi connectivity index (χ4v) is 2.94. The van der Waals surface area contributed by atoms with Gasteiger partial charge in [-0.2, -0.15) is 0 Å². The van der Waals surface area contributed by atoms with E-state index in [-0.39, 0.29) is 5.70 Å². The molecule has 2 aromatic carbocycles. The number of urea groups is 1. The summed E-state index contributed by atoms with van der Waals surface area (Å²) >= 11 is 8.03. The molecule has 24 heavy (non-hydrogen) atoms. The van der Waals surface area contributed by atoms with Crippen molar-refractivity contribution in [3.63, 3.8) is 0 Å². The molecular formula is C17H12ClIN2O3. The number of ether oxygens (including phenoxy) is 1. The van der Waals surface area contributed by atoms with Crippen LogP contribution in [-0.2, 0) is 11.4 Å². The third kappa shape index (κ3) is 4.07. The third-order valence-electron chi connectivity index (χ3n) is 3.29. The van der Waals surface area contributed by atoms with Gasteiger partial charge in [-0.3, -0.25) is 10.1 Å². The molecule has 0 aliphatic carbocycles. The number of hydrogen-bond acceptors (Lipinski definition) is 3. The molecule has 0 bridgehead atoms. The van der Waals surface area contributed by atoms with Crippen LogP contribution < -0.4 is 15.4 Å². The zero-order chi connectivity index (χ0) is 17.1. The molecule has 5 nitrogen and oxygen atoms in total. The first-order valence-electron chi connectivity index (χ1n) is 7.02. The maximum Gasteiger partial charge on any atom is 0.326 e. The quantitative estimate of drug-likeness (QED) is 0.421. The van der Waals surface area contributed by atoms with Gasteiger partial charge in [0.05, 0.1) is 3.57 Å². The number of imide groups is 1. The molecule has 1 aliphatic rings. The Hall–Kier alpha value is -2.06. The summed E-state index contributed by atoms with van der Waals surface area (Å²) in [5.74, 6) is 0.311. The molecular weight excluding hydrogens is 443 g/mol. The lowest BCUT2D eigenvalue weighted by atomic mass is 10.2. The van der Waals surface area contributed by atoms with Gasteiger partial charge in [-0.1, -0.05) is 29.8 Å². The fraction of sp³-hybridized carbons (Fsp3) is 0.0588. The monoisotopic (exact) mass is 454 g/mol. The van der Waals surface area contributed by atoms with E-state index in [4.69, 9.17) is 16.3 Å². The van der Waals surface area contributed by atoms with E-state index in [1.165, 1.54) is 0 Å². The zero-order valence-corrected chi connectivity index (χ0v) is 15.2. The molecule has 1 heterocycles.